The minimum Gasteiger partial charge on any atom is -0.345 e. The van der Waals surface area contributed by atoms with Gasteiger partial charge in [0, 0.05) is 26.7 Å². The second-order valence-electron chi connectivity index (χ2n) is 7.43. The molecule has 114 valence electrons. The Morgan fingerprint density at radius 3 is 2.10 bits per heavy atom. The molecule has 2 fully saturated rings. The molecule has 5 heteroatoms. The average molecular weight is 281 g/mol. The van der Waals surface area contributed by atoms with Crippen molar-refractivity contribution in [1.82, 2.24) is 9.80 Å². The number of amides is 2. The molecule has 5 nitrogen and oxygen atoms in total. The predicted octanol–water partition coefficient (Wildman–Crippen LogP) is 0.831. The van der Waals surface area contributed by atoms with Crippen molar-refractivity contribution in [3.8, 4) is 0 Å². The smallest absolute Gasteiger partial charge is 0.240 e. The molecule has 20 heavy (non-hydrogen) atoms. The number of piperidine rings is 1. The van der Waals surface area contributed by atoms with Crippen LogP contribution in [-0.2, 0) is 9.59 Å². The van der Waals surface area contributed by atoms with E-state index in [1.54, 1.807) is 0 Å². The van der Waals surface area contributed by atoms with E-state index in [9.17, 15) is 9.59 Å². The lowest BCUT2D eigenvalue weighted by molar-refractivity contribution is -0.143. The van der Waals surface area contributed by atoms with E-state index in [2.05, 4.69) is 0 Å². The summed E-state index contributed by atoms with van der Waals surface area (Å²) in [5, 5.41) is 0. The summed E-state index contributed by atoms with van der Waals surface area (Å²) in [6, 6.07) is -0.474. The lowest BCUT2D eigenvalue weighted by Gasteiger charge is -2.40. The Kier molecular flexibility index (Phi) is 3.84. The first-order valence-corrected chi connectivity index (χ1v) is 7.47. The molecule has 2 aliphatic rings. The maximum atomic E-state index is 12.4. The second kappa shape index (κ2) is 5.02. The van der Waals surface area contributed by atoms with Gasteiger partial charge >= 0.3 is 0 Å². The van der Waals surface area contributed by atoms with Crippen molar-refractivity contribution in [2.75, 3.05) is 26.7 Å². The van der Waals surface area contributed by atoms with Gasteiger partial charge in [0.25, 0.3) is 0 Å². The number of nitrogens with two attached hydrogens (primary N) is 1. The zero-order valence-corrected chi connectivity index (χ0v) is 13.1. The van der Waals surface area contributed by atoms with Gasteiger partial charge in [-0.2, -0.15) is 0 Å². The van der Waals surface area contributed by atoms with Crippen LogP contribution in [0, 0.1) is 10.8 Å². The highest BCUT2D eigenvalue weighted by Crippen LogP contribution is 2.41. The lowest BCUT2D eigenvalue weighted by Crippen LogP contribution is -2.54. The summed E-state index contributed by atoms with van der Waals surface area (Å²) >= 11 is 0. The van der Waals surface area contributed by atoms with Gasteiger partial charge in [0.15, 0.2) is 0 Å². The van der Waals surface area contributed by atoms with Gasteiger partial charge < -0.3 is 15.5 Å². The van der Waals surface area contributed by atoms with Gasteiger partial charge in [0.2, 0.25) is 11.8 Å². The monoisotopic (exact) mass is 281 g/mol. The summed E-state index contributed by atoms with van der Waals surface area (Å²) in [6.07, 6.45) is 2.48. The van der Waals surface area contributed by atoms with Crippen LogP contribution < -0.4 is 5.73 Å². The first-order valence-electron chi connectivity index (χ1n) is 7.47. The molecule has 0 aliphatic carbocycles. The summed E-state index contributed by atoms with van der Waals surface area (Å²) in [4.78, 5) is 28.3. The number of hydrogen-bond acceptors (Lipinski definition) is 3. The minimum absolute atomic E-state index is 0.0196. The zero-order chi connectivity index (χ0) is 15.1. The molecule has 0 aromatic carbocycles. The average Bonchev–Trinajstić information content (AvgIpc) is 2.66. The molecule has 1 atom stereocenters. The van der Waals surface area contributed by atoms with E-state index in [1.807, 2.05) is 37.6 Å². The molecule has 0 radical (unpaired) electrons. The summed E-state index contributed by atoms with van der Waals surface area (Å²) in [6.45, 7) is 8.10. The molecule has 0 aromatic rings. The van der Waals surface area contributed by atoms with Crippen LogP contribution >= 0.6 is 0 Å². The highest BCUT2D eigenvalue weighted by Gasteiger charge is 2.48. The van der Waals surface area contributed by atoms with E-state index in [-0.39, 0.29) is 22.6 Å². The Labute approximate surface area is 121 Å². The van der Waals surface area contributed by atoms with Crippen molar-refractivity contribution in [2.45, 2.75) is 46.1 Å². The van der Waals surface area contributed by atoms with Crippen LogP contribution in [0.25, 0.3) is 0 Å². The van der Waals surface area contributed by atoms with Crippen molar-refractivity contribution >= 4 is 11.8 Å². The van der Waals surface area contributed by atoms with Crippen LogP contribution in [0.15, 0.2) is 0 Å². The third-order valence-corrected chi connectivity index (χ3v) is 4.96. The normalized spacial score (nSPS) is 24.4. The highest BCUT2D eigenvalue weighted by atomic mass is 16.2. The predicted molar refractivity (Wildman–Crippen MR) is 77.9 cm³/mol. The van der Waals surface area contributed by atoms with E-state index < -0.39 is 6.04 Å². The SMILES string of the molecule is CN1CCC2(CCN(C(=O)C(N)C(C)(C)C)CC2)C1=O. The fraction of sp³-hybridized carbons (Fsp3) is 0.867. The van der Waals surface area contributed by atoms with Crippen LogP contribution in [0.5, 0.6) is 0 Å². The number of carbonyl (C=O) groups excluding carboxylic acids is 2. The fourth-order valence-electron chi connectivity index (χ4n) is 3.18. The van der Waals surface area contributed by atoms with E-state index in [1.165, 1.54) is 0 Å². The minimum atomic E-state index is -0.474. The van der Waals surface area contributed by atoms with E-state index in [4.69, 9.17) is 5.73 Å². The Morgan fingerprint density at radius 1 is 1.20 bits per heavy atom. The number of likely N-dealkylation sites (tertiary alicyclic amines) is 2. The molecule has 0 saturated carbocycles. The summed E-state index contributed by atoms with van der Waals surface area (Å²) in [5.41, 5.74) is 5.62. The standard InChI is InChI=1S/C15H27N3O2/c1-14(2,3)11(16)12(19)18-9-6-15(7-10-18)5-8-17(4)13(15)20/h11H,5-10,16H2,1-4H3. The van der Waals surface area contributed by atoms with Crippen molar-refractivity contribution in [3.05, 3.63) is 0 Å². The van der Waals surface area contributed by atoms with Gasteiger partial charge in [-0.1, -0.05) is 20.8 Å². The maximum Gasteiger partial charge on any atom is 0.240 e. The van der Waals surface area contributed by atoms with Gasteiger partial charge in [0.1, 0.15) is 0 Å². The van der Waals surface area contributed by atoms with Crippen LogP contribution in [0.4, 0.5) is 0 Å². The third-order valence-electron chi connectivity index (χ3n) is 4.96. The quantitative estimate of drug-likeness (QED) is 0.774. The Balaban J connectivity index is 1.98. The number of carbonyl (C=O) groups is 2. The van der Waals surface area contributed by atoms with Gasteiger partial charge in [-0.25, -0.2) is 0 Å². The zero-order valence-electron chi connectivity index (χ0n) is 13.1. The summed E-state index contributed by atoms with van der Waals surface area (Å²) < 4.78 is 0. The molecule has 2 rings (SSSR count). The first-order chi connectivity index (χ1) is 9.17. The summed E-state index contributed by atoms with van der Waals surface area (Å²) in [5.74, 6) is 0.274. The third kappa shape index (κ3) is 2.55. The van der Waals surface area contributed by atoms with E-state index >= 15 is 0 Å². The molecule has 0 bridgehead atoms. The van der Waals surface area contributed by atoms with Gasteiger partial charge in [-0.05, 0) is 24.7 Å². The van der Waals surface area contributed by atoms with Gasteiger partial charge in [0.05, 0.1) is 11.5 Å². The largest absolute Gasteiger partial charge is 0.345 e. The number of rotatable bonds is 1. The Bertz CT molecular complexity index is 406. The molecule has 2 N–H and O–H groups in total. The fourth-order valence-corrected chi connectivity index (χ4v) is 3.18. The Morgan fingerprint density at radius 2 is 1.70 bits per heavy atom. The van der Waals surface area contributed by atoms with E-state index in [0.717, 1.165) is 25.8 Å². The molecule has 2 heterocycles. The van der Waals surface area contributed by atoms with Gasteiger partial charge in [-0.15, -0.1) is 0 Å². The molecule has 2 saturated heterocycles. The summed E-state index contributed by atoms with van der Waals surface area (Å²) in [7, 11) is 1.87. The van der Waals surface area contributed by atoms with E-state index in [0.29, 0.717) is 13.1 Å². The second-order valence-corrected chi connectivity index (χ2v) is 7.43. The van der Waals surface area contributed by atoms with Crippen molar-refractivity contribution < 1.29 is 9.59 Å². The highest BCUT2D eigenvalue weighted by molar-refractivity contribution is 5.86. The first kappa shape index (κ1) is 15.3. The van der Waals surface area contributed by atoms with Crippen molar-refractivity contribution in [2.24, 2.45) is 16.6 Å². The molecule has 0 aromatic heterocycles. The van der Waals surface area contributed by atoms with Crippen LogP contribution in [0.2, 0.25) is 0 Å². The Hall–Kier alpha value is -1.10. The molecule has 1 spiro atoms. The molecular formula is C15H27N3O2. The van der Waals surface area contributed by atoms with Crippen LogP contribution in [0.1, 0.15) is 40.0 Å². The lowest BCUT2D eigenvalue weighted by atomic mass is 9.76. The number of nitrogens with zero attached hydrogens (tertiary/aromatic N) is 2. The topological polar surface area (TPSA) is 66.6 Å². The molecular weight excluding hydrogens is 254 g/mol. The van der Waals surface area contributed by atoms with Crippen LogP contribution in [-0.4, -0.2) is 54.3 Å². The van der Waals surface area contributed by atoms with Crippen molar-refractivity contribution in [3.63, 3.8) is 0 Å². The molecule has 2 aliphatic heterocycles. The van der Waals surface area contributed by atoms with Crippen LogP contribution in [0.3, 0.4) is 0 Å². The maximum absolute atomic E-state index is 12.4. The number of hydrogen-bond donors (Lipinski definition) is 1. The van der Waals surface area contributed by atoms with Gasteiger partial charge in [-0.3, -0.25) is 9.59 Å². The molecule has 2 amide bonds. The van der Waals surface area contributed by atoms with Crippen molar-refractivity contribution in [1.29, 1.82) is 0 Å². The molecule has 1 unspecified atom stereocenters.